The van der Waals surface area contributed by atoms with Crippen molar-refractivity contribution in [2.45, 2.75) is 0 Å². The van der Waals surface area contributed by atoms with Crippen molar-refractivity contribution in [2.75, 3.05) is 52.7 Å². The number of hydrogen-bond acceptors (Lipinski definition) is 5. The summed E-state index contributed by atoms with van der Waals surface area (Å²) in [5.41, 5.74) is 0. The van der Waals surface area contributed by atoms with E-state index in [1.54, 1.807) is 0 Å². The molecule has 0 bridgehead atoms. The van der Waals surface area contributed by atoms with Crippen molar-refractivity contribution in [2.24, 2.45) is 9.98 Å². The minimum Gasteiger partial charge on any atom is -0.377 e. The molecule has 1 rings (SSSR count). The standard InChI is InChI=1S/C9H16N2O3/c1-3-12-5-7-14-8-6-13-4-2-11-9-10-1/h1-8H2. The number of hydrogen-bond donors (Lipinski definition) is 0. The molecule has 0 saturated heterocycles. The van der Waals surface area contributed by atoms with E-state index in [4.69, 9.17) is 14.2 Å². The van der Waals surface area contributed by atoms with Crippen LogP contribution in [0.25, 0.3) is 0 Å². The van der Waals surface area contributed by atoms with E-state index < -0.39 is 0 Å². The van der Waals surface area contributed by atoms with Gasteiger partial charge in [0.25, 0.3) is 0 Å². The fraction of sp³-hybridized carbons (Fsp3) is 0.889. The van der Waals surface area contributed by atoms with Crippen molar-refractivity contribution in [3.05, 3.63) is 0 Å². The van der Waals surface area contributed by atoms with Gasteiger partial charge in [0.15, 0.2) is 0 Å². The zero-order chi connectivity index (χ0) is 9.90. The van der Waals surface area contributed by atoms with E-state index in [2.05, 4.69) is 16.0 Å². The van der Waals surface area contributed by atoms with Gasteiger partial charge in [0, 0.05) is 0 Å². The quantitative estimate of drug-likeness (QED) is 0.562. The first-order valence-corrected chi connectivity index (χ1v) is 4.81. The molecular weight excluding hydrogens is 184 g/mol. The summed E-state index contributed by atoms with van der Waals surface area (Å²) in [7, 11) is 0. The van der Waals surface area contributed by atoms with Crippen LogP contribution in [0.1, 0.15) is 0 Å². The van der Waals surface area contributed by atoms with Crippen LogP contribution in [0.5, 0.6) is 0 Å². The maximum absolute atomic E-state index is 5.25. The Hall–Kier alpha value is -0.740. The lowest BCUT2D eigenvalue weighted by Crippen LogP contribution is -2.11. The van der Waals surface area contributed by atoms with Crippen molar-refractivity contribution in [3.63, 3.8) is 0 Å². The number of rotatable bonds is 0. The second-order valence-corrected chi connectivity index (χ2v) is 2.70. The van der Waals surface area contributed by atoms with Gasteiger partial charge < -0.3 is 14.2 Å². The predicted octanol–water partition coefficient (Wildman–Crippen LogP) is 0.224. The van der Waals surface area contributed by atoms with Crippen LogP contribution in [0.3, 0.4) is 0 Å². The molecule has 0 amide bonds. The molecule has 0 atom stereocenters. The zero-order valence-corrected chi connectivity index (χ0v) is 8.28. The van der Waals surface area contributed by atoms with Crippen LogP contribution in [-0.4, -0.2) is 58.7 Å². The van der Waals surface area contributed by atoms with Crippen LogP contribution in [0.2, 0.25) is 0 Å². The van der Waals surface area contributed by atoms with Gasteiger partial charge in [-0.3, -0.25) is 0 Å². The third kappa shape index (κ3) is 6.74. The fourth-order valence-electron chi connectivity index (χ4n) is 0.912. The highest BCUT2D eigenvalue weighted by molar-refractivity contribution is 5.40. The van der Waals surface area contributed by atoms with Gasteiger partial charge in [-0.1, -0.05) is 0 Å². The summed E-state index contributed by atoms with van der Waals surface area (Å²) in [6, 6.07) is 2.60. The van der Waals surface area contributed by atoms with E-state index in [0.29, 0.717) is 52.7 Å². The van der Waals surface area contributed by atoms with E-state index in [-0.39, 0.29) is 0 Å². The summed E-state index contributed by atoms with van der Waals surface area (Å²) < 4.78 is 15.7. The molecule has 80 valence electrons. The zero-order valence-electron chi connectivity index (χ0n) is 8.28. The van der Waals surface area contributed by atoms with Crippen LogP contribution in [0.4, 0.5) is 0 Å². The lowest BCUT2D eigenvalue weighted by molar-refractivity contribution is 0.0174. The van der Waals surface area contributed by atoms with E-state index in [1.165, 1.54) is 0 Å². The van der Waals surface area contributed by atoms with Crippen molar-refractivity contribution in [1.29, 1.82) is 0 Å². The molecule has 0 unspecified atom stereocenters. The SMILES string of the molecule is C1=NCCOCCOCCOCCN=1. The molecule has 0 radical (unpaired) electrons. The van der Waals surface area contributed by atoms with Gasteiger partial charge in [-0.15, -0.1) is 0 Å². The van der Waals surface area contributed by atoms with Gasteiger partial charge >= 0.3 is 0 Å². The maximum Gasteiger partial charge on any atom is 0.0894 e. The molecule has 0 spiro atoms. The Kier molecular flexibility index (Phi) is 7.16. The topological polar surface area (TPSA) is 52.4 Å². The van der Waals surface area contributed by atoms with Crippen LogP contribution in [0, 0.1) is 0 Å². The smallest absolute Gasteiger partial charge is 0.0894 e. The molecule has 1 heterocycles. The van der Waals surface area contributed by atoms with Gasteiger partial charge in [0.1, 0.15) is 0 Å². The summed E-state index contributed by atoms with van der Waals surface area (Å²) in [4.78, 5) is 7.84. The third-order valence-electron chi connectivity index (χ3n) is 1.58. The summed E-state index contributed by atoms with van der Waals surface area (Å²) in [6.45, 7) is 4.83. The van der Waals surface area contributed by atoms with Crippen molar-refractivity contribution in [1.82, 2.24) is 0 Å². The summed E-state index contributed by atoms with van der Waals surface area (Å²) in [5, 5.41) is 0. The Balaban J connectivity index is 2.18. The van der Waals surface area contributed by atoms with Crippen molar-refractivity contribution in [3.8, 4) is 0 Å². The normalized spacial score (nSPS) is 21.7. The summed E-state index contributed by atoms with van der Waals surface area (Å²) in [6.07, 6.45) is 0. The maximum atomic E-state index is 5.25. The van der Waals surface area contributed by atoms with Gasteiger partial charge in [-0.2, -0.15) is 0 Å². The Labute approximate surface area is 83.8 Å². The van der Waals surface area contributed by atoms with E-state index in [0.717, 1.165) is 0 Å². The predicted molar refractivity (Wildman–Crippen MR) is 52.1 cm³/mol. The van der Waals surface area contributed by atoms with Crippen LogP contribution >= 0.6 is 0 Å². The molecule has 14 heavy (non-hydrogen) atoms. The molecular formula is C9H16N2O3. The number of ether oxygens (including phenoxy) is 3. The first-order valence-electron chi connectivity index (χ1n) is 4.81. The summed E-state index contributed by atoms with van der Waals surface area (Å²) >= 11 is 0. The highest BCUT2D eigenvalue weighted by Gasteiger charge is 1.91. The van der Waals surface area contributed by atoms with Gasteiger partial charge in [0.2, 0.25) is 0 Å². The molecule has 1 aliphatic heterocycles. The van der Waals surface area contributed by atoms with Crippen molar-refractivity contribution >= 4 is 6.01 Å². The minimum atomic E-state index is 0.600. The average Bonchev–Trinajstić information content (AvgIpc) is 2.22. The number of nitrogens with zero attached hydrogens (tertiary/aromatic N) is 2. The van der Waals surface area contributed by atoms with Crippen LogP contribution < -0.4 is 0 Å². The van der Waals surface area contributed by atoms with Gasteiger partial charge in [0.05, 0.1) is 58.7 Å². The molecule has 0 N–H and O–H groups in total. The Morgan fingerprint density at radius 1 is 0.643 bits per heavy atom. The monoisotopic (exact) mass is 200 g/mol. The molecule has 0 saturated carbocycles. The molecule has 5 heteroatoms. The van der Waals surface area contributed by atoms with Crippen LogP contribution in [0.15, 0.2) is 9.98 Å². The second-order valence-electron chi connectivity index (χ2n) is 2.70. The molecule has 5 nitrogen and oxygen atoms in total. The fourth-order valence-corrected chi connectivity index (χ4v) is 0.912. The van der Waals surface area contributed by atoms with Crippen molar-refractivity contribution < 1.29 is 14.2 Å². The average molecular weight is 200 g/mol. The molecule has 0 aromatic carbocycles. The summed E-state index contributed by atoms with van der Waals surface area (Å²) in [5.74, 6) is 0. The number of aliphatic imine (C=N–C) groups is 2. The second kappa shape index (κ2) is 8.84. The van der Waals surface area contributed by atoms with E-state index >= 15 is 0 Å². The lowest BCUT2D eigenvalue weighted by atomic mass is 10.6. The van der Waals surface area contributed by atoms with Gasteiger partial charge in [-0.25, -0.2) is 9.98 Å². The largest absolute Gasteiger partial charge is 0.377 e. The minimum absolute atomic E-state index is 0.600. The van der Waals surface area contributed by atoms with Crippen LogP contribution in [-0.2, 0) is 14.2 Å². The first-order chi connectivity index (χ1) is 7.00. The highest BCUT2D eigenvalue weighted by atomic mass is 16.5. The third-order valence-corrected chi connectivity index (χ3v) is 1.58. The molecule has 0 fully saturated rings. The Bertz CT molecular complexity index is 174. The Morgan fingerprint density at radius 2 is 1.07 bits per heavy atom. The lowest BCUT2D eigenvalue weighted by Gasteiger charge is -2.05. The Morgan fingerprint density at radius 3 is 1.57 bits per heavy atom. The highest BCUT2D eigenvalue weighted by Crippen LogP contribution is 1.83. The van der Waals surface area contributed by atoms with E-state index in [1.807, 2.05) is 0 Å². The molecule has 0 aromatic rings. The van der Waals surface area contributed by atoms with Gasteiger partial charge in [-0.05, 0) is 0 Å². The first kappa shape index (κ1) is 11.3. The molecule has 0 aromatic heterocycles. The van der Waals surface area contributed by atoms with E-state index in [9.17, 15) is 0 Å². The molecule has 0 aliphatic carbocycles. The molecule has 1 aliphatic rings.